The highest BCUT2D eigenvalue weighted by atomic mass is 32.2. The second kappa shape index (κ2) is 5.43. The van der Waals surface area contributed by atoms with Crippen LogP contribution in [0.2, 0.25) is 0 Å². The molecule has 4 heteroatoms. The molecular weight excluding hydrogens is 174 g/mol. The van der Waals surface area contributed by atoms with Crippen molar-refractivity contribution in [2.24, 2.45) is 0 Å². The first-order valence-electron chi connectivity index (χ1n) is 4.22. The number of nitrogens with zero attached hydrogens (tertiary/aromatic N) is 1. The van der Waals surface area contributed by atoms with Gasteiger partial charge in [-0.05, 0) is 0 Å². The molecule has 1 saturated heterocycles. The van der Waals surface area contributed by atoms with Crippen LogP contribution in [0.4, 0.5) is 0 Å². The Balaban J connectivity index is 2.01. The van der Waals surface area contributed by atoms with Crippen molar-refractivity contribution in [3.8, 4) is 0 Å². The van der Waals surface area contributed by atoms with Crippen molar-refractivity contribution in [3.05, 3.63) is 0 Å². The lowest BCUT2D eigenvalue weighted by molar-refractivity contribution is -0.141. The van der Waals surface area contributed by atoms with Crippen LogP contribution in [0, 0.1) is 0 Å². The average molecular weight is 189 g/mol. The molecule has 1 heterocycles. The van der Waals surface area contributed by atoms with Gasteiger partial charge in [0.1, 0.15) is 6.61 Å². The van der Waals surface area contributed by atoms with Gasteiger partial charge >= 0.3 is 5.97 Å². The molecule has 0 unspecified atom stereocenters. The Hall–Kier alpha value is -0.220. The smallest absolute Gasteiger partial charge is 0.302 e. The van der Waals surface area contributed by atoms with E-state index in [4.69, 9.17) is 4.74 Å². The number of hydrogen-bond acceptors (Lipinski definition) is 4. The Morgan fingerprint density at radius 1 is 1.50 bits per heavy atom. The summed E-state index contributed by atoms with van der Waals surface area (Å²) < 4.78 is 4.86. The number of carbonyl (C=O) groups excluding carboxylic acids is 1. The molecule has 0 aromatic carbocycles. The van der Waals surface area contributed by atoms with E-state index < -0.39 is 0 Å². The van der Waals surface area contributed by atoms with Crippen LogP contribution in [0.5, 0.6) is 0 Å². The molecule has 0 aromatic rings. The zero-order valence-electron chi connectivity index (χ0n) is 7.41. The lowest BCUT2D eigenvalue weighted by Gasteiger charge is -2.25. The summed E-state index contributed by atoms with van der Waals surface area (Å²) in [5.74, 6) is 2.24. The molecule has 1 rings (SSSR count). The number of hydrogen-bond donors (Lipinski definition) is 0. The fourth-order valence-electron chi connectivity index (χ4n) is 1.14. The van der Waals surface area contributed by atoms with Crippen molar-refractivity contribution in [2.75, 3.05) is 37.7 Å². The van der Waals surface area contributed by atoms with E-state index in [0.717, 1.165) is 19.6 Å². The molecule has 0 bridgehead atoms. The normalized spacial score (nSPS) is 19.1. The first-order valence-corrected chi connectivity index (χ1v) is 5.38. The van der Waals surface area contributed by atoms with Gasteiger partial charge in [0.05, 0.1) is 0 Å². The van der Waals surface area contributed by atoms with Crippen LogP contribution in [0.1, 0.15) is 6.92 Å². The molecule has 0 atom stereocenters. The second-order valence-corrected chi connectivity index (χ2v) is 4.02. The zero-order chi connectivity index (χ0) is 8.81. The van der Waals surface area contributed by atoms with Gasteiger partial charge in [-0.2, -0.15) is 11.8 Å². The third-order valence-corrected chi connectivity index (χ3v) is 2.76. The molecular formula is C8H15NO2S. The fraction of sp³-hybridized carbons (Fsp3) is 0.875. The third kappa shape index (κ3) is 3.97. The maximum Gasteiger partial charge on any atom is 0.302 e. The fourth-order valence-corrected chi connectivity index (χ4v) is 2.12. The van der Waals surface area contributed by atoms with Crippen LogP contribution in [-0.2, 0) is 9.53 Å². The third-order valence-electron chi connectivity index (χ3n) is 1.82. The summed E-state index contributed by atoms with van der Waals surface area (Å²) >= 11 is 1.99. The first kappa shape index (κ1) is 9.86. The standard InChI is InChI=1S/C8H15NO2S/c1-8(10)11-5-2-9-3-6-12-7-4-9/h2-7H2,1H3. The molecule has 70 valence electrons. The summed E-state index contributed by atoms with van der Waals surface area (Å²) in [4.78, 5) is 12.8. The number of ether oxygens (including phenoxy) is 1. The molecule has 0 saturated carbocycles. The van der Waals surface area contributed by atoms with Crippen LogP contribution in [-0.4, -0.2) is 48.6 Å². The second-order valence-electron chi connectivity index (χ2n) is 2.79. The number of carbonyl (C=O) groups is 1. The lowest BCUT2D eigenvalue weighted by atomic mass is 10.5. The average Bonchev–Trinajstić information content (AvgIpc) is 2.05. The summed E-state index contributed by atoms with van der Waals surface area (Å²) in [6, 6.07) is 0. The number of thioether (sulfide) groups is 1. The van der Waals surface area contributed by atoms with Gasteiger partial charge in [0.15, 0.2) is 0 Å². The Morgan fingerprint density at radius 2 is 2.17 bits per heavy atom. The van der Waals surface area contributed by atoms with Crippen LogP contribution in [0.15, 0.2) is 0 Å². The van der Waals surface area contributed by atoms with E-state index in [0.29, 0.717) is 6.61 Å². The van der Waals surface area contributed by atoms with Gasteiger partial charge in [-0.1, -0.05) is 0 Å². The van der Waals surface area contributed by atoms with Crippen molar-refractivity contribution >= 4 is 17.7 Å². The molecule has 0 spiro atoms. The molecule has 0 aliphatic carbocycles. The molecule has 1 aliphatic rings. The van der Waals surface area contributed by atoms with Crippen molar-refractivity contribution in [2.45, 2.75) is 6.92 Å². The number of rotatable bonds is 3. The van der Waals surface area contributed by atoms with Crippen molar-refractivity contribution in [1.29, 1.82) is 0 Å². The molecule has 3 nitrogen and oxygen atoms in total. The largest absolute Gasteiger partial charge is 0.465 e. The molecule has 1 fully saturated rings. The first-order chi connectivity index (χ1) is 5.79. The van der Waals surface area contributed by atoms with Gasteiger partial charge in [-0.3, -0.25) is 9.69 Å². The minimum Gasteiger partial charge on any atom is -0.465 e. The molecule has 1 aliphatic heterocycles. The summed E-state index contributed by atoms with van der Waals surface area (Å²) in [5, 5.41) is 0. The molecule has 0 radical (unpaired) electrons. The van der Waals surface area contributed by atoms with Gasteiger partial charge in [0.2, 0.25) is 0 Å². The highest BCUT2D eigenvalue weighted by Gasteiger charge is 2.09. The Bertz CT molecular complexity index is 146. The summed E-state index contributed by atoms with van der Waals surface area (Å²) in [6.07, 6.45) is 0. The van der Waals surface area contributed by atoms with Crippen LogP contribution >= 0.6 is 11.8 Å². The maximum atomic E-state index is 10.4. The van der Waals surface area contributed by atoms with Gasteiger partial charge in [0, 0.05) is 38.1 Å². The Labute approximate surface area is 77.4 Å². The van der Waals surface area contributed by atoms with Gasteiger partial charge < -0.3 is 4.74 Å². The molecule has 0 aromatic heterocycles. The van der Waals surface area contributed by atoms with E-state index in [-0.39, 0.29) is 5.97 Å². The van der Waals surface area contributed by atoms with Crippen molar-refractivity contribution in [1.82, 2.24) is 4.90 Å². The van der Waals surface area contributed by atoms with Crippen LogP contribution < -0.4 is 0 Å². The van der Waals surface area contributed by atoms with E-state index in [1.807, 2.05) is 11.8 Å². The summed E-state index contributed by atoms with van der Waals surface area (Å²) in [5.41, 5.74) is 0. The lowest BCUT2D eigenvalue weighted by Crippen LogP contribution is -2.35. The predicted molar refractivity (Wildman–Crippen MR) is 50.4 cm³/mol. The molecule has 12 heavy (non-hydrogen) atoms. The Kier molecular flexibility index (Phi) is 4.46. The maximum absolute atomic E-state index is 10.4. The van der Waals surface area contributed by atoms with Crippen molar-refractivity contribution < 1.29 is 9.53 Å². The zero-order valence-corrected chi connectivity index (χ0v) is 8.23. The highest BCUT2D eigenvalue weighted by molar-refractivity contribution is 7.99. The summed E-state index contributed by atoms with van der Waals surface area (Å²) in [7, 11) is 0. The highest BCUT2D eigenvalue weighted by Crippen LogP contribution is 2.08. The minimum atomic E-state index is -0.179. The monoisotopic (exact) mass is 189 g/mol. The van der Waals surface area contributed by atoms with E-state index >= 15 is 0 Å². The Morgan fingerprint density at radius 3 is 2.75 bits per heavy atom. The van der Waals surface area contributed by atoms with Crippen LogP contribution in [0.3, 0.4) is 0 Å². The topological polar surface area (TPSA) is 29.5 Å². The van der Waals surface area contributed by atoms with E-state index in [1.165, 1.54) is 18.4 Å². The molecule has 0 amide bonds. The quantitative estimate of drug-likeness (QED) is 0.608. The molecule has 0 N–H and O–H groups in total. The minimum absolute atomic E-state index is 0.179. The van der Waals surface area contributed by atoms with Crippen molar-refractivity contribution in [3.63, 3.8) is 0 Å². The summed E-state index contributed by atoms with van der Waals surface area (Å²) in [6.45, 7) is 5.14. The number of esters is 1. The van der Waals surface area contributed by atoms with Crippen LogP contribution in [0.25, 0.3) is 0 Å². The van der Waals surface area contributed by atoms with Gasteiger partial charge in [-0.25, -0.2) is 0 Å². The van der Waals surface area contributed by atoms with E-state index in [1.54, 1.807) is 0 Å². The van der Waals surface area contributed by atoms with E-state index in [9.17, 15) is 4.79 Å². The van der Waals surface area contributed by atoms with E-state index in [2.05, 4.69) is 4.90 Å². The predicted octanol–water partition coefficient (Wildman–Crippen LogP) is 0.598. The van der Waals surface area contributed by atoms with Gasteiger partial charge in [0.25, 0.3) is 0 Å². The van der Waals surface area contributed by atoms with Gasteiger partial charge in [-0.15, -0.1) is 0 Å². The SMILES string of the molecule is CC(=O)OCCN1CCSCC1.